The molecule has 10 rings (SSSR count). The first-order valence-corrected chi connectivity index (χ1v) is 24.6. The molecule has 2 amide bonds. The molecule has 0 spiro atoms. The normalized spacial score (nSPS) is 15.5. The van der Waals surface area contributed by atoms with E-state index in [0.717, 1.165) is 83.0 Å². The zero-order valence-corrected chi connectivity index (χ0v) is 37.9. The number of carbonyl (C=O) groups excluding carboxylic acids is 2. The van der Waals surface area contributed by atoms with Crippen LogP contribution in [0, 0.1) is 11.8 Å². The Balaban J connectivity index is 1.14. The zero-order chi connectivity index (χ0) is 42.5. The summed E-state index contributed by atoms with van der Waals surface area (Å²) in [7, 11) is 0. The van der Waals surface area contributed by atoms with Crippen molar-refractivity contribution in [1.82, 2.24) is 9.80 Å². The minimum Gasteiger partial charge on any atom is -0.306 e. The van der Waals surface area contributed by atoms with Crippen LogP contribution in [0.3, 0.4) is 0 Å². The van der Waals surface area contributed by atoms with Crippen LogP contribution >= 0.6 is 22.7 Å². The molecule has 0 radical (unpaired) electrons. The van der Waals surface area contributed by atoms with Crippen molar-refractivity contribution in [3.8, 4) is 10.4 Å². The molecule has 2 aliphatic rings. The first-order valence-electron chi connectivity index (χ1n) is 22.9. The highest BCUT2D eigenvalue weighted by atomic mass is 32.1. The van der Waals surface area contributed by atoms with Gasteiger partial charge in [-0.25, -0.2) is 0 Å². The van der Waals surface area contributed by atoms with Crippen LogP contribution in [0.15, 0.2) is 132 Å². The smallest absolute Gasteiger partial charge is 0.261 e. The van der Waals surface area contributed by atoms with Gasteiger partial charge in [-0.1, -0.05) is 157 Å². The number of unbranched alkanes of at least 4 members (excludes halogenated alkanes) is 2. The molecule has 0 saturated carbocycles. The van der Waals surface area contributed by atoms with E-state index in [4.69, 9.17) is 0 Å². The van der Waals surface area contributed by atoms with E-state index in [1.807, 2.05) is 15.9 Å². The number of hydrogen-bond acceptors (Lipinski definition) is 4. The summed E-state index contributed by atoms with van der Waals surface area (Å²) in [6, 6.07) is 42.0. The molecule has 6 heteroatoms. The zero-order valence-electron chi connectivity index (χ0n) is 36.3. The van der Waals surface area contributed by atoms with Gasteiger partial charge in [0, 0.05) is 18.0 Å². The third-order valence-corrected chi connectivity index (χ3v) is 15.8. The second-order valence-electron chi connectivity index (χ2n) is 17.4. The Labute approximate surface area is 373 Å². The van der Waals surface area contributed by atoms with Crippen LogP contribution in [0.1, 0.15) is 88.8 Å². The molecular formula is C56H54N2O2S2. The summed E-state index contributed by atoms with van der Waals surface area (Å²) in [6.45, 7) is 10.2. The van der Waals surface area contributed by atoms with Crippen molar-refractivity contribution in [2.24, 2.45) is 11.8 Å². The molecule has 0 N–H and O–H groups in total. The summed E-state index contributed by atoms with van der Waals surface area (Å²) in [5.41, 5.74) is 3.94. The molecule has 62 heavy (non-hydrogen) atoms. The van der Waals surface area contributed by atoms with Crippen LogP contribution in [0.25, 0.3) is 75.7 Å². The number of amides is 2. The van der Waals surface area contributed by atoms with Crippen molar-refractivity contribution in [2.75, 3.05) is 13.1 Å². The Bertz CT molecular complexity index is 3100. The largest absolute Gasteiger partial charge is 0.306 e. The SMILES string of the molecule is CCCCC(CC)CN1C(=O)C2=C(c3ccc(-c4ccc5c(c4)c4ccccc4c4c6ccccc6c6ccccc6c54)s3)N(CC(CC)CCCC)C(=O)C2=C1c1cccs1. The lowest BCUT2D eigenvalue weighted by Crippen LogP contribution is -2.34. The number of carbonyl (C=O) groups is 2. The van der Waals surface area contributed by atoms with E-state index in [0.29, 0.717) is 36.1 Å². The highest BCUT2D eigenvalue weighted by Gasteiger charge is 2.50. The predicted octanol–water partition coefficient (Wildman–Crippen LogP) is 15.5. The second kappa shape index (κ2) is 17.0. The van der Waals surface area contributed by atoms with E-state index in [1.54, 1.807) is 22.7 Å². The number of fused-ring (bicyclic) bond motifs is 12. The van der Waals surface area contributed by atoms with Gasteiger partial charge in [0.05, 0.1) is 32.3 Å². The van der Waals surface area contributed by atoms with E-state index in [1.165, 1.54) is 53.9 Å². The highest BCUT2D eigenvalue weighted by Crippen LogP contribution is 2.51. The summed E-state index contributed by atoms with van der Waals surface area (Å²) in [6.07, 6.45) is 8.62. The third kappa shape index (κ3) is 6.69. The van der Waals surface area contributed by atoms with Crippen molar-refractivity contribution in [1.29, 1.82) is 0 Å². The molecule has 2 aromatic heterocycles. The molecule has 2 aliphatic heterocycles. The Morgan fingerprint density at radius 3 is 1.44 bits per heavy atom. The molecule has 312 valence electrons. The lowest BCUT2D eigenvalue weighted by atomic mass is 9.87. The van der Waals surface area contributed by atoms with Gasteiger partial charge in [-0.05, 0) is 114 Å². The Morgan fingerprint density at radius 1 is 0.484 bits per heavy atom. The van der Waals surface area contributed by atoms with E-state index in [2.05, 4.69) is 142 Å². The lowest BCUT2D eigenvalue weighted by Gasteiger charge is -2.29. The van der Waals surface area contributed by atoms with Crippen LogP contribution in [0.4, 0.5) is 0 Å². The van der Waals surface area contributed by atoms with Gasteiger partial charge >= 0.3 is 0 Å². The van der Waals surface area contributed by atoms with Crippen LogP contribution < -0.4 is 0 Å². The average molecular weight is 851 g/mol. The minimum atomic E-state index is -0.0236. The van der Waals surface area contributed by atoms with Crippen LogP contribution in [-0.4, -0.2) is 34.7 Å². The van der Waals surface area contributed by atoms with E-state index in [-0.39, 0.29) is 11.8 Å². The molecular weight excluding hydrogens is 797 g/mol. The standard InChI is InChI=1S/C56H54N2O2S2/c1-5-9-18-35(7-3)33-57-53(47-26-17-31-61-47)51-52(56(57)60)54(58(55(51)59)34-36(8-4)19-10-6-2)48-30-29-46(62-48)37-27-28-44-45(32-37)40-22-13-16-25-43(40)49-41-23-14-11-20-38(41)39-21-12-15-24-42(39)50(44)49/h11-17,20-32,35-36H,5-10,18-19,33-34H2,1-4H3. The number of hydrogen-bond donors (Lipinski definition) is 0. The second-order valence-corrected chi connectivity index (χ2v) is 19.4. The average Bonchev–Trinajstić information content (AvgIpc) is 4.13. The predicted molar refractivity (Wildman–Crippen MR) is 265 cm³/mol. The molecule has 6 aromatic carbocycles. The molecule has 8 aromatic rings. The van der Waals surface area contributed by atoms with Crippen molar-refractivity contribution in [2.45, 2.75) is 79.1 Å². The van der Waals surface area contributed by atoms with Gasteiger partial charge in [0.1, 0.15) is 0 Å². The monoisotopic (exact) mass is 850 g/mol. The summed E-state index contributed by atoms with van der Waals surface area (Å²) in [5, 5.41) is 14.7. The molecule has 0 bridgehead atoms. The van der Waals surface area contributed by atoms with Gasteiger partial charge in [-0.2, -0.15) is 0 Å². The summed E-state index contributed by atoms with van der Waals surface area (Å²) >= 11 is 3.32. The van der Waals surface area contributed by atoms with E-state index >= 15 is 9.59 Å². The Hall–Kier alpha value is -5.56. The van der Waals surface area contributed by atoms with Gasteiger partial charge < -0.3 is 9.80 Å². The van der Waals surface area contributed by atoms with Crippen molar-refractivity contribution >= 4 is 99.7 Å². The van der Waals surface area contributed by atoms with Crippen LogP contribution in [0.2, 0.25) is 0 Å². The van der Waals surface area contributed by atoms with Gasteiger partial charge in [-0.3, -0.25) is 9.59 Å². The maximum Gasteiger partial charge on any atom is 0.261 e. The first kappa shape index (κ1) is 40.5. The summed E-state index contributed by atoms with van der Waals surface area (Å²) in [4.78, 5) is 37.3. The van der Waals surface area contributed by atoms with Gasteiger partial charge in [-0.15, -0.1) is 22.7 Å². The third-order valence-electron chi connectivity index (χ3n) is 13.7. The van der Waals surface area contributed by atoms with Gasteiger partial charge in [0.15, 0.2) is 0 Å². The summed E-state index contributed by atoms with van der Waals surface area (Å²) < 4.78 is 0. The number of benzene rings is 6. The molecule has 4 nitrogen and oxygen atoms in total. The molecule has 0 saturated heterocycles. The Morgan fingerprint density at radius 2 is 0.952 bits per heavy atom. The highest BCUT2D eigenvalue weighted by molar-refractivity contribution is 7.16. The molecule has 0 fully saturated rings. The molecule has 0 aliphatic carbocycles. The fourth-order valence-electron chi connectivity index (χ4n) is 10.4. The molecule has 2 atom stereocenters. The van der Waals surface area contributed by atoms with Crippen molar-refractivity contribution in [3.05, 3.63) is 142 Å². The van der Waals surface area contributed by atoms with Crippen LogP contribution in [-0.2, 0) is 9.59 Å². The number of nitrogens with zero attached hydrogens (tertiary/aromatic N) is 2. The summed E-state index contributed by atoms with van der Waals surface area (Å²) in [5.74, 6) is 0.669. The Kier molecular flexibility index (Phi) is 11.1. The van der Waals surface area contributed by atoms with E-state index < -0.39 is 0 Å². The van der Waals surface area contributed by atoms with Crippen LogP contribution in [0.5, 0.6) is 0 Å². The molecule has 2 unspecified atom stereocenters. The quantitative estimate of drug-likeness (QED) is 0.0964. The fourth-order valence-corrected chi connectivity index (χ4v) is 12.3. The lowest BCUT2D eigenvalue weighted by molar-refractivity contribution is -0.124. The number of rotatable bonds is 15. The van der Waals surface area contributed by atoms with Gasteiger partial charge in [0.2, 0.25) is 0 Å². The number of thiophene rings is 2. The van der Waals surface area contributed by atoms with Gasteiger partial charge in [0.25, 0.3) is 11.8 Å². The van der Waals surface area contributed by atoms with E-state index in [9.17, 15) is 0 Å². The molecule has 4 heterocycles. The first-order chi connectivity index (χ1) is 30.4. The van der Waals surface area contributed by atoms with Crippen molar-refractivity contribution in [3.63, 3.8) is 0 Å². The maximum absolute atomic E-state index is 15.1. The maximum atomic E-state index is 15.1. The van der Waals surface area contributed by atoms with Crippen molar-refractivity contribution < 1.29 is 9.59 Å². The minimum absolute atomic E-state index is 0.0236. The fraction of sp³-hybridized carbons (Fsp3) is 0.286. The topological polar surface area (TPSA) is 40.6 Å².